The molecule has 0 bridgehead atoms. The number of nitrogens with one attached hydrogen (secondary N) is 1. The summed E-state index contributed by atoms with van der Waals surface area (Å²) in [6.45, 7) is 2.53. The first-order valence-electron chi connectivity index (χ1n) is 7.03. The molecule has 3 rings (SSSR count). The molecule has 1 atom stereocenters. The molecule has 0 radical (unpaired) electrons. The van der Waals surface area contributed by atoms with Crippen molar-refractivity contribution in [3.05, 3.63) is 30.1 Å². The fourth-order valence-corrected chi connectivity index (χ4v) is 2.92. The number of nitrogens with zero attached hydrogens (tertiary/aromatic N) is 3. The summed E-state index contributed by atoms with van der Waals surface area (Å²) in [5.74, 6) is 0.881. The van der Waals surface area contributed by atoms with Crippen molar-refractivity contribution in [2.75, 3.05) is 26.7 Å². The average Bonchev–Trinajstić information content (AvgIpc) is 2.96. The summed E-state index contributed by atoms with van der Waals surface area (Å²) >= 11 is -0.149. The molecule has 0 aliphatic carbocycles. The van der Waals surface area contributed by atoms with E-state index in [4.69, 9.17) is 4.52 Å². The van der Waals surface area contributed by atoms with Crippen molar-refractivity contribution in [3.8, 4) is 11.5 Å². The first-order chi connectivity index (χ1) is 10.9. The van der Waals surface area contributed by atoms with Gasteiger partial charge < -0.3 is 9.84 Å². The normalized spacial score (nSPS) is 19.9. The van der Waals surface area contributed by atoms with Gasteiger partial charge in [-0.15, -0.1) is 0 Å². The number of hydrogen-bond donors (Lipinski definition) is 1. The van der Waals surface area contributed by atoms with Gasteiger partial charge in [0.15, 0.2) is 5.82 Å². The van der Waals surface area contributed by atoms with Crippen LogP contribution in [0.1, 0.15) is 11.9 Å². The van der Waals surface area contributed by atoms with Gasteiger partial charge in [0.25, 0.3) is 5.89 Å². The predicted octanol–water partition coefficient (Wildman–Crippen LogP) is 2.92. The molecular formula is C14H15F3N4OS. The Balaban J connectivity index is 1.75. The number of alkyl halides is 3. The molecular weight excluding hydrogens is 329 g/mol. The number of aromatic nitrogens is 2. The maximum Gasteiger partial charge on any atom is 0.446 e. The van der Waals surface area contributed by atoms with Gasteiger partial charge in [0.2, 0.25) is 0 Å². The smallest absolute Gasteiger partial charge is 0.334 e. The lowest BCUT2D eigenvalue weighted by molar-refractivity contribution is -0.0328. The van der Waals surface area contributed by atoms with Crippen LogP contribution in [0.4, 0.5) is 13.2 Å². The molecule has 9 heteroatoms. The summed E-state index contributed by atoms with van der Waals surface area (Å²) in [5, 5.41) is 7.26. The molecule has 124 valence electrons. The molecule has 0 amide bonds. The largest absolute Gasteiger partial charge is 0.446 e. The topological polar surface area (TPSA) is 54.2 Å². The van der Waals surface area contributed by atoms with Gasteiger partial charge in [0.1, 0.15) is 0 Å². The summed E-state index contributed by atoms with van der Waals surface area (Å²) in [6.07, 6.45) is 0. The van der Waals surface area contributed by atoms with E-state index in [0.717, 1.165) is 19.6 Å². The minimum absolute atomic E-state index is 0.0290. The first-order valence-corrected chi connectivity index (χ1v) is 7.85. The molecule has 1 aliphatic rings. The molecule has 2 aromatic rings. The molecule has 1 unspecified atom stereocenters. The van der Waals surface area contributed by atoms with Crippen molar-refractivity contribution in [3.63, 3.8) is 0 Å². The maximum absolute atomic E-state index is 12.3. The quantitative estimate of drug-likeness (QED) is 0.864. The molecule has 1 saturated heterocycles. The van der Waals surface area contributed by atoms with Gasteiger partial charge in [-0.2, -0.15) is 18.2 Å². The monoisotopic (exact) mass is 344 g/mol. The van der Waals surface area contributed by atoms with Crippen LogP contribution in [0.5, 0.6) is 0 Å². The predicted molar refractivity (Wildman–Crippen MR) is 79.9 cm³/mol. The second kappa shape index (κ2) is 6.50. The summed E-state index contributed by atoms with van der Waals surface area (Å²) in [4.78, 5) is 6.63. The van der Waals surface area contributed by atoms with E-state index in [1.54, 1.807) is 12.1 Å². The van der Waals surface area contributed by atoms with E-state index in [1.807, 2.05) is 7.05 Å². The van der Waals surface area contributed by atoms with Crippen molar-refractivity contribution >= 4 is 11.8 Å². The lowest BCUT2D eigenvalue weighted by Gasteiger charge is -2.30. The van der Waals surface area contributed by atoms with Crippen molar-refractivity contribution in [2.45, 2.75) is 16.4 Å². The standard InChI is InChI=1S/C14H15F3N4OS/c1-21-7-6-18-8-11(21)12-19-13(22-20-12)9-2-4-10(5-3-9)23-14(15,16)17/h2-5,11,18H,6-8H2,1H3. The Labute approximate surface area is 135 Å². The van der Waals surface area contributed by atoms with E-state index in [1.165, 1.54) is 12.1 Å². The summed E-state index contributed by atoms with van der Waals surface area (Å²) in [7, 11) is 1.99. The van der Waals surface area contributed by atoms with Crippen LogP contribution in [-0.4, -0.2) is 47.2 Å². The molecule has 5 nitrogen and oxygen atoms in total. The molecule has 1 fully saturated rings. The zero-order chi connectivity index (χ0) is 16.4. The molecule has 0 saturated carbocycles. The number of rotatable bonds is 3. The third kappa shape index (κ3) is 4.04. The van der Waals surface area contributed by atoms with Gasteiger partial charge in [0, 0.05) is 30.1 Å². The molecule has 1 N–H and O–H groups in total. The Morgan fingerprint density at radius 1 is 1.30 bits per heavy atom. The summed E-state index contributed by atoms with van der Waals surface area (Å²) < 4.78 is 42.2. The van der Waals surface area contributed by atoms with Gasteiger partial charge in [-0.3, -0.25) is 4.90 Å². The molecule has 2 heterocycles. The Morgan fingerprint density at radius 3 is 2.70 bits per heavy atom. The third-order valence-electron chi connectivity index (χ3n) is 3.59. The van der Waals surface area contributed by atoms with E-state index in [2.05, 4.69) is 20.4 Å². The van der Waals surface area contributed by atoms with Crippen LogP contribution >= 0.6 is 11.8 Å². The zero-order valence-corrected chi connectivity index (χ0v) is 13.1. The minimum atomic E-state index is -4.29. The van der Waals surface area contributed by atoms with Crippen LogP contribution in [0.25, 0.3) is 11.5 Å². The van der Waals surface area contributed by atoms with E-state index in [0.29, 0.717) is 17.3 Å². The third-order valence-corrected chi connectivity index (χ3v) is 4.32. The highest BCUT2D eigenvalue weighted by molar-refractivity contribution is 8.00. The van der Waals surface area contributed by atoms with Crippen LogP contribution < -0.4 is 5.32 Å². The lowest BCUT2D eigenvalue weighted by atomic mass is 10.2. The number of piperazine rings is 1. The Hall–Kier alpha value is -1.58. The highest BCUT2D eigenvalue weighted by atomic mass is 32.2. The number of hydrogen-bond acceptors (Lipinski definition) is 6. The number of likely N-dealkylation sites (N-methyl/N-ethyl adjacent to an activating group) is 1. The van der Waals surface area contributed by atoms with Gasteiger partial charge in [0.05, 0.1) is 6.04 Å². The minimum Gasteiger partial charge on any atom is -0.334 e. The van der Waals surface area contributed by atoms with Crippen molar-refractivity contribution in [2.24, 2.45) is 0 Å². The summed E-state index contributed by atoms with van der Waals surface area (Å²) in [5.41, 5.74) is -3.70. The molecule has 1 aromatic heterocycles. The highest BCUT2D eigenvalue weighted by Crippen LogP contribution is 2.37. The first kappa shape index (κ1) is 16.3. The van der Waals surface area contributed by atoms with E-state index >= 15 is 0 Å². The zero-order valence-electron chi connectivity index (χ0n) is 12.3. The van der Waals surface area contributed by atoms with Gasteiger partial charge >= 0.3 is 5.51 Å². The Kier molecular flexibility index (Phi) is 4.60. The van der Waals surface area contributed by atoms with E-state index in [-0.39, 0.29) is 22.7 Å². The van der Waals surface area contributed by atoms with Gasteiger partial charge in [-0.25, -0.2) is 0 Å². The highest BCUT2D eigenvalue weighted by Gasteiger charge is 2.29. The van der Waals surface area contributed by atoms with Crippen LogP contribution in [0.15, 0.2) is 33.7 Å². The second-order valence-corrected chi connectivity index (χ2v) is 6.37. The van der Waals surface area contributed by atoms with Crippen molar-refractivity contribution < 1.29 is 17.7 Å². The molecule has 1 aliphatic heterocycles. The molecule has 23 heavy (non-hydrogen) atoms. The molecule has 1 aromatic carbocycles. The van der Waals surface area contributed by atoms with Gasteiger partial charge in [-0.1, -0.05) is 5.16 Å². The van der Waals surface area contributed by atoms with Crippen LogP contribution in [-0.2, 0) is 0 Å². The SMILES string of the molecule is CN1CCNCC1c1noc(-c2ccc(SC(F)(F)F)cc2)n1. The Morgan fingerprint density at radius 2 is 2.04 bits per heavy atom. The number of halogens is 3. The second-order valence-electron chi connectivity index (χ2n) is 5.23. The van der Waals surface area contributed by atoms with Crippen molar-refractivity contribution in [1.82, 2.24) is 20.4 Å². The fourth-order valence-electron chi connectivity index (χ4n) is 2.38. The lowest BCUT2D eigenvalue weighted by Crippen LogP contribution is -2.44. The summed E-state index contributed by atoms with van der Waals surface area (Å²) in [6, 6.07) is 5.92. The molecule has 0 spiro atoms. The number of benzene rings is 1. The van der Waals surface area contributed by atoms with Crippen LogP contribution in [0, 0.1) is 0 Å². The fraction of sp³-hybridized carbons (Fsp3) is 0.429. The van der Waals surface area contributed by atoms with Crippen LogP contribution in [0.3, 0.4) is 0 Å². The van der Waals surface area contributed by atoms with E-state index in [9.17, 15) is 13.2 Å². The number of thioether (sulfide) groups is 1. The van der Waals surface area contributed by atoms with E-state index < -0.39 is 5.51 Å². The van der Waals surface area contributed by atoms with Crippen LogP contribution in [0.2, 0.25) is 0 Å². The average molecular weight is 344 g/mol. The van der Waals surface area contributed by atoms with Crippen molar-refractivity contribution in [1.29, 1.82) is 0 Å². The maximum atomic E-state index is 12.3. The Bertz CT molecular complexity index is 659. The van der Waals surface area contributed by atoms with Gasteiger partial charge in [-0.05, 0) is 43.1 Å².